The maximum Gasteiger partial charge on any atom is 0.0211 e. The van der Waals surface area contributed by atoms with Crippen molar-refractivity contribution in [1.29, 1.82) is 0 Å². The number of hydrogen-bond donors (Lipinski definition) is 2. The van der Waals surface area contributed by atoms with Crippen LogP contribution in [0.15, 0.2) is 0 Å². The first-order valence-electron chi connectivity index (χ1n) is 3.31. The lowest BCUT2D eigenvalue weighted by molar-refractivity contribution is 0.444. The van der Waals surface area contributed by atoms with Crippen molar-refractivity contribution >= 4 is 0 Å². The zero-order chi connectivity index (χ0) is 5.61. The monoisotopic (exact) mass is 112 g/mol. The lowest BCUT2D eigenvalue weighted by atomic mass is 10.1. The Kier molecular flexibility index (Phi) is 0.746. The maximum atomic E-state index is 5.91. The van der Waals surface area contributed by atoms with Gasteiger partial charge in [0.15, 0.2) is 0 Å². The molecular weight excluding hydrogens is 100 g/mol. The van der Waals surface area contributed by atoms with Crippen molar-refractivity contribution in [2.45, 2.75) is 18.4 Å². The summed E-state index contributed by atoms with van der Waals surface area (Å²) in [6, 6.07) is 0. The fraction of sp³-hybridized carbons (Fsp3) is 1.00. The second-order valence-electron chi connectivity index (χ2n) is 3.09. The molecule has 1 saturated carbocycles. The van der Waals surface area contributed by atoms with E-state index in [1.54, 1.807) is 0 Å². The Bertz CT molecular complexity index is 111. The molecule has 0 aromatic rings. The molecule has 1 unspecified atom stereocenters. The maximum absolute atomic E-state index is 5.91. The Morgan fingerprint density at radius 3 is 3.00 bits per heavy atom. The normalized spacial score (nSPS) is 52.9. The highest BCUT2D eigenvalue weighted by molar-refractivity contribution is 5.10. The van der Waals surface area contributed by atoms with E-state index in [2.05, 4.69) is 5.32 Å². The molecule has 0 aromatic heterocycles. The molecule has 2 atom stereocenters. The summed E-state index contributed by atoms with van der Waals surface area (Å²) in [5.74, 6) is 0.816. The largest absolute Gasteiger partial charge is 0.325 e. The minimum absolute atomic E-state index is 0.283. The van der Waals surface area contributed by atoms with Crippen LogP contribution in [0.3, 0.4) is 0 Å². The highest BCUT2D eigenvalue weighted by Crippen LogP contribution is 2.44. The van der Waals surface area contributed by atoms with E-state index in [0.29, 0.717) is 0 Å². The minimum Gasteiger partial charge on any atom is -0.325 e. The lowest BCUT2D eigenvalue weighted by Gasteiger charge is -2.17. The summed E-state index contributed by atoms with van der Waals surface area (Å²) in [4.78, 5) is 0. The van der Waals surface area contributed by atoms with Gasteiger partial charge in [0.2, 0.25) is 0 Å². The van der Waals surface area contributed by atoms with E-state index in [9.17, 15) is 0 Å². The summed E-state index contributed by atoms with van der Waals surface area (Å²) in [6.07, 6.45) is 2.46. The van der Waals surface area contributed by atoms with E-state index in [4.69, 9.17) is 5.73 Å². The van der Waals surface area contributed by atoms with E-state index < -0.39 is 0 Å². The highest BCUT2D eigenvalue weighted by Gasteiger charge is 2.51. The molecule has 1 aliphatic carbocycles. The molecule has 1 heterocycles. The second-order valence-corrected chi connectivity index (χ2v) is 3.09. The van der Waals surface area contributed by atoms with Crippen LogP contribution in [0.25, 0.3) is 0 Å². The van der Waals surface area contributed by atoms with Crippen LogP contribution in [0, 0.1) is 5.92 Å². The molecule has 3 N–H and O–H groups in total. The molecule has 1 saturated heterocycles. The van der Waals surface area contributed by atoms with Gasteiger partial charge in [-0.3, -0.25) is 0 Å². The van der Waals surface area contributed by atoms with E-state index in [1.165, 1.54) is 12.8 Å². The van der Waals surface area contributed by atoms with Crippen molar-refractivity contribution < 1.29 is 0 Å². The molecule has 2 aliphatic rings. The Labute approximate surface area is 49.4 Å². The number of nitrogens with two attached hydrogens (primary N) is 1. The van der Waals surface area contributed by atoms with Crippen LogP contribution in [-0.2, 0) is 0 Å². The second kappa shape index (κ2) is 1.25. The van der Waals surface area contributed by atoms with Crippen LogP contribution >= 0.6 is 0 Å². The molecule has 2 nitrogen and oxygen atoms in total. The van der Waals surface area contributed by atoms with Crippen molar-refractivity contribution in [1.82, 2.24) is 5.32 Å². The Morgan fingerprint density at radius 1 is 1.62 bits per heavy atom. The van der Waals surface area contributed by atoms with Crippen LogP contribution in [0.1, 0.15) is 12.8 Å². The summed E-state index contributed by atoms with van der Waals surface area (Å²) in [5, 5.41) is 3.32. The van der Waals surface area contributed by atoms with Gasteiger partial charge in [0.05, 0.1) is 0 Å². The van der Waals surface area contributed by atoms with Crippen molar-refractivity contribution in [2.75, 3.05) is 13.1 Å². The van der Waals surface area contributed by atoms with Gasteiger partial charge in [0.25, 0.3) is 0 Å². The van der Waals surface area contributed by atoms with Crippen LogP contribution in [-0.4, -0.2) is 18.6 Å². The van der Waals surface area contributed by atoms with E-state index in [0.717, 1.165) is 19.0 Å². The topological polar surface area (TPSA) is 38.0 Å². The highest BCUT2D eigenvalue weighted by atomic mass is 15.0. The van der Waals surface area contributed by atoms with Gasteiger partial charge in [-0.05, 0) is 31.8 Å². The molecule has 2 rings (SSSR count). The quantitative estimate of drug-likeness (QED) is 0.451. The third-order valence-electron chi connectivity index (χ3n) is 2.44. The predicted molar refractivity (Wildman–Crippen MR) is 32.5 cm³/mol. The standard InChI is InChI=1S/C6H12N2/c7-6-1-2-8-4-5(6)3-6/h5,8H,1-4,7H2/t5-,6?/m1/s1. The molecule has 8 heavy (non-hydrogen) atoms. The molecule has 0 amide bonds. The fourth-order valence-corrected chi connectivity index (χ4v) is 1.58. The van der Waals surface area contributed by atoms with Crippen LogP contribution in [0.2, 0.25) is 0 Å². The van der Waals surface area contributed by atoms with Gasteiger partial charge in [0.1, 0.15) is 0 Å². The van der Waals surface area contributed by atoms with E-state index in [1.807, 2.05) is 0 Å². The summed E-state index contributed by atoms with van der Waals surface area (Å²) >= 11 is 0. The van der Waals surface area contributed by atoms with Gasteiger partial charge in [0, 0.05) is 5.54 Å². The lowest BCUT2D eigenvalue weighted by Crippen LogP contribution is -2.38. The first-order valence-corrected chi connectivity index (χ1v) is 3.31. The predicted octanol–water partition coefficient (Wildman–Crippen LogP) is -0.303. The fourth-order valence-electron chi connectivity index (χ4n) is 1.58. The number of rotatable bonds is 0. The average molecular weight is 112 g/mol. The van der Waals surface area contributed by atoms with Crippen molar-refractivity contribution in [2.24, 2.45) is 11.7 Å². The summed E-state index contributed by atoms with van der Waals surface area (Å²) in [5.41, 5.74) is 6.19. The van der Waals surface area contributed by atoms with Crippen LogP contribution < -0.4 is 11.1 Å². The molecule has 0 spiro atoms. The zero-order valence-electron chi connectivity index (χ0n) is 4.98. The van der Waals surface area contributed by atoms with E-state index in [-0.39, 0.29) is 5.54 Å². The first kappa shape index (κ1) is 4.77. The smallest absolute Gasteiger partial charge is 0.0211 e. The van der Waals surface area contributed by atoms with Gasteiger partial charge in [-0.2, -0.15) is 0 Å². The Hall–Kier alpha value is -0.0800. The number of nitrogens with one attached hydrogen (secondary N) is 1. The van der Waals surface area contributed by atoms with Crippen molar-refractivity contribution in [3.63, 3.8) is 0 Å². The van der Waals surface area contributed by atoms with Gasteiger partial charge in [-0.1, -0.05) is 0 Å². The summed E-state index contributed by atoms with van der Waals surface area (Å²) in [6.45, 7) is 2.30. The van der Waals surface area contributed by atoms with Gasteiger partial charge >= 0.3 is 0 Å². The minimum atomic E-state index is 0.283. The molecule has 2 heteroatoms. The third-order valence-corrected chi connectivity index (χ3v) is 2.44. The number of hydrogen-bond acceptors (Lipinski definition) is 2. The Balaban J connectivity index is 2.04. The van der Waals surface area contributed by atoms with Gasteiger partial charge in [-0.15, -0.1) is 0 Å². The van der Waals surface area contributed by atoms with Crippen LogP contribution in [0.4, 0.5) is 0 Å². The van der Waals surface area contributed by atoms with Gasteiger partial charge in [-0.25, -0.2) is 0 Å². The van der Waals surface area contributed by atoms with E-state index >= 15 is 0 Å². The number of fused-ring (bicyclic) bond motifs is 1. The number of piperidine rings is 1. The van der Waals surface area contributed by atoms with Crippen molar-refractivity contribution in [3.05, 3.63) is 0 Å². The molecular formula is C6H12N2. The molecule has 0 radical (unpaired) electrons. The summed E-state index contributed by atoms with van der Waals surface area (Å²) in [7, 11) is 0. The summed E-state index contributed by atoms with van der Waals surface area (Å²) < 4.78 is 0. The molecule has 1 aliphatic heterocycles. The van der Waals surface area contributed by atoms with Crippen LogP contribution in [0.5, 0.6) is 0 Å². The first-order chi connectivity index (χ1) is 3.81. The Morgan fingerprint density at radius 2 is 2.50 bits per heavy atom. The average Bonchev–Trinajstić information content (AvgIpc) is 2.39. The molecule has 0 bridgehead atoms. The van der Waals surface area contributed by atoms with Gasteiger partial charge < -0.3 is 11.1 Å². The third kappa shape index (κ3) is 0.501. The zero-order valence-corrected chi connectivity index (χ0v) is 4.98. The molecule has 2 fully saturated rings. The molecule has 0 aromatic carbocycles. The van der Waals surface area contributed by atoms with Crippen molar-refractivity contribution in [3.8, 4) is 0 Å². The SMILES string of the molecule is NC12CCNC[C@H]1C2. The molecule has 46 valence electrons.